The molecular weight excluding hydrogens is 151 g/mol. The number of rotatable bonds is 4. The van der Waals surface area contributed by atoms with Crippen LogP contribution in [0.3, 0.4) is 0 Å². The fourth-order valence-electron chi connectivity index (χ4n) is 0.814. The molecule has 62 valence electrons. The van der Waals surface area contributed by atoms with Crippen molar-refractivity contribution in [2.75, 3.05) is 12.3 Å². The second-order valence-corrected chi connectivity index (χ2v) is 6.03. The minimum atomic E-state index is -4.28. The van der Waals surface area contributed by atoms with E-state index in [1.165, 1.54) is 6.08 Å². The van der Waals surface area contributed by atoms with Gasteiger partial charge in [0, 0.05) is 0 Å². The zero-order valence-corrected chi connectivity index (χ0v) is 7.09. The molecule has 3 N–H and O–H groups in total. The molecule has 0 aliphatic heterocycles. The number of hydrogen-bond acceptors (Lipinski definition) is 3. The molecule has 0 heterocycles. The molecule has 0 saturated heterocycles. The van der Waals surface area contributed by atoms with Gasteiger partial charge in [0.25, 0.3) is 0 Å². The Balaban J connectivity index is 4.10. The van der Waals surface area contributed by atoms with Crippen molar-refractivity contribution in [3.05, 3.63) is 12.7 Å². The van der Waals surface area contributed by atoms with Crippen LogP contribution in [-0.2, 0) is 0 Å². The van der Waals surface area contributed by atoms with E-state index in [2.05, 4.69) is 6.58 Å². The second-order valence-electron chi connectivity index (χ2n) is 2.54. The van der Waals surface area contributed by atoms with Crippen molar-refractivity contribution in [1.29, 1.82) is 0 Å². The molecule has 10 heavy (non-hydrogen) atoms. The van der Waals surface area contributed by atoms with E-state index in [4.69, 9.17) is 14.7 Å². The van der Waals surface area contributed by atoms with Gasteiger partial charge in [-0.05, 0) is 0 Å². The first-order chi connectivity index (χ1) is 4.39. The predicted octanol–water partition coefficient (Wildman–Crippen LogP) is 0.858. The summed E-state index contributed by atoms with van der Waals surface area (Å²) in [5.41, 5.74) is 0. The zero-order valence-electron chi connectivity index (χ0n) is 6.19. The van der Waals surface area contributed by atoms with Gasteiger partial charge in [-0.1, -0.05) is 0 Å². The van der Waals surface area contributed by atoms with Crippen LogP contribution in [0.4, 0.5) is 0 Å². The fourth-order valence-corrected chi connectivity index (χ4v) is 2.44. The van der Waals surface area contributed by atoms with Crippen LogP contribution in [0, 0.1) is 0 Å². The Morgan fingerprint density at radius 1 is 1.40 bits per heavy atom. The summed E-state index contributed by atoms with van der Waals surface area (Å²) in [5, 5.41) is 0. The van der Waals surface area contributed by atoms with Crippen molar-refractivity contribution < 1.29 is 14.7 Å². The zero-order chi connectivity index (χ0) is 8.28. The standard InChI is InChI=1S/C6H15O3P/c1-3-5-10(7,8,9)6-4-2/h3,7-9H,1,4-6H2,2H3. The van der Waals surface area contributed by atoms with E-state index >= 15 is 0 Å². The number of allylic oxidation sites excluding steroid dienone is 1. The van der Waals surface area contributed by atoms with E-state index in [-0.39, 0.29) is 12.3 Å². The summed E-state index contributed by atoms with van der Waals surface area (Å²) in [6, 6.07) is 0. The summed E-state index contributed by atoms with van der Waals surface area (Å²) < 4.78 is 0. The average molecular weight is 166 g/mol. The Bertz CT molecular complexity index is 125. The number of hydrogen-bond donors (Lipinski definition) is 3. The Hall–Kier alpha value is 0.0500. The van der Waals surface area contributed by atoms with Crippen LogP contribution >= 0.6 is 7.28 Å². The van der Waals surface area contributed by atoms with Gasteiger partial charge in [-0.15, -0.1) is 0 Å². The molecule has 0 aliphatic carbocycles. The molecule has 0 spiro atoms. The summed E-state index contributed by atoms with van der Waals surface area (Å²) >= 11 is 0. The van der Waals surface area contributed by atoms with E-state index in [0.29, 0.717) is 6.42 Å². The fraction of sp³-hybridized carbons (Fsp3) is 0.667. The van der Waals surface area contributed by atoms with Crippen LogP contribution in [0.5, 0.6) is 0 Å². The summed E-state index contributed by atoms with van der Waals surface area (Å²) in [6.07, 6.45) is 1.86. The van der Waals surface area contributed by atoms with Crippen LogP contribution in [0.25, 0.3) is 0 Å². The summed E-state index contributed by atoms with van der Waals surface area (Å²) in [4.78, 5) is 27.5. The van der Waals surface area contributed by atoms with Crippen LogP contribution in [0.1, 0.15) is 13.3 Å². The molecule has 0 radical (unpaired) electrons. The molecule has 0 bridgehead atoms. The van der Waals surface area contributed by atoms with Crippen molar-refractivity contribution in [1.82, 2.24) is 0 Å². The normalized spacial score (nSPS) is 15.8. The first-order valence-electron chi connectivity index (χ1n) is 3.26. The van der Waals surface area contributed by atoms with Gasteiger partial charge in [-0.3, -0.25) is 0 Å². The second kappa shape index (κ2) is 2.97. The van der Waals surface area contributed by atoms with E-state index in [0.717, 1.165) is 0 Å². The minimum absolute atomic E-state index is 0.0671. The van der Waals surface area contributed by atoms with Crippen LogP contribution in [0.2, 0.25) is 0 Å². The van der Waals surface area contributed by atoms with Crippen LogP contribution < -0.4 is 0 Å². The molecule has 0 aliphatic rings. The third-order valence-electron chi connectivity index (χ3n) is 1.18. The van der Waals surface area contributed by atoms with Gasteiger partial charge in [0.05, 0.1) is 0 Å². The third kappa shape index (κ3) is 3.96. The van der Waals surface area contributed by atoms with Crippen molar-refractivity contribution in [3.8, 4) is 0 Å². The Kier molecular flexibility index (Phi) is 2.99. The molecule has 0 aromatic heterocycles. The van der Waals surface area contributed by atoms with E-state index < -0.39 is 7.28 Å². The van der Waals surface area contributed by atoms with Gasteiger partial charge in [0.1, 0.15) is 0 Å². The molecule has 0 atom stereocenters. The van der Waals surface area contributed by atoms with E-state index in [9.17, 15) is 0 Å². The maximum absolute atomic E-state index is 9.15. The summed E-state index contributed by atoms with van der Waals surface area (Å²) in [5.74, 6) is 0. The molecule has 0 aromatic carbocycles. The molecule has 0 amide bonds. The van der Waals surface area contributed by atoms with Crippen LogP contribution in [0.15, 0.2) is 12.7 Å². The molecule has 0 unspecified atom stereocenters. The topological polar surface area (TPSA) is 60.7 Å². The Morgan fingerprint density at radius 3 is 2.20 bits per heavy atom. The van der Waals surface area contributed by atoms with Crippen molar-refractivity contribution in [3.63, 3.8) is 0 Å². The van der Waals surface area contributed by atoms with Gasteiger partial charge >= 0.3 is 60.3 Å². The van der Waals surface area contributed by atoms with Crippen LogP contribution in [-0.4, -0.2) is 27.0 Å². The average Bonchev–Trinajstić information content (AvgIpc) is 1.61. The predicted molar refractivity (Wildman–Crippen MR) is 43.8 cm³/mol. The third-order valence-corrected chi connectivity index (χ3v) is 3.55. The first-order valence-corrected chi connectivity index (χ1v) is 5.72. The van der Waals surface area contributed by atoms with Gasteiger partial charge in [0.15, 0.2) is 0 Å². The van der Waals surface area contributed by atoms with E-state index in [1.807, 2.05) is 0 Å². The maximum atomic E-state index is 9.15. The first kappa shape index (κ1) is 10.0. The van der Waals surface area contributed by atoms with Gasteiger partial charge in [-0.2, -0.15) is 0 Å². The van der Waals surface area contributed by atoms with Gasteiger partial charge < -0.3 is 0 Å². The molecular formula is C6H15O3P. The Morgan fingerprint density at radius 2 is 1.90 bits per heavy atom. The van der Waals surface area contributed by atoms with Gasteiger partial charge in [-0.25, -0.2) is 0 Å². The van der Waals surface area contributed by atoms with Crippen molar-refractivity contribution >= 4 is 7.28 Å². The summed E-state index contributed by atoms with van der Waals surface area (Å²) in [7, 11) is -4.28. The molecule has 4 heteroatoms. The van der Waals surface area contributed by atoms with Crippen molar-refractivity contribution in [2.24, 2.45) is 0 Å². The molecule has 0 fully saturated rings. The van der Waals surface area contributed by atoms with Crippen molar-refractivity contribution in [2.45, 2.75) is 13.3 Å². The van der Waals surface area contributed by atoms with Gasteiger partial charge in [0.2, 0.25) is 0 Å². The monoisotopic (exact) mass is 166 g/mol. The SMILES string of the molecule is C=CCP(O)(O)(O)CCC. The molecule has 0 rings (SSSR count). The summed E-state index contributed by atoms with van der Waals surface area (Å²) in [6.45, 7) is 5.11. The quantitative estimate of drug-likeness (QED) is 0.428. The molecule has 0 saturated carbocycles. The Labute approximate surface area is 61.2 Å². The van der Waals surface area contributed by atoms with E-state index in [1.54, 1.807) is 6.92 Å². The molecule has 3 nitrogen and oxygen atoms in total. The molecule has 0 aromatic rings.